The Labute approximate surface area is 150 Å². The summed E-state index contributed by atoms with van der Waals surface area (Å²) in [7, 11) is -3.68. The van der Waals surface area contributed by atoms with Crippen LogP contribution in [0.15, 0.2) is 47.5 Å². The van der Waals surface area contributed by atoms with E-state index in [1.807, 2.05) is 12.1 Å². The number of nitrogens with two attached hydrogens (primary N) is 1. The number of aromatic nitrogens is 2. The molecule has 6 nitrogen and oxygen atoms in total. The van der Waals surface area contributed by atoms with Gasteiger partial charge in [0.15, 0.2) is 0 Å². The average molecular weight is 375 g/mol. The van der Waals surface area contributed by atoms with Crippen molar-refractivity contribution in [1.29, 1.82) is 0 Å². The number of primary sulfonamides is 1. The number of pyridine rings is 1. The predicted molar refractivity (Wildman–Crippen MR) is 98.2 cm³/mol. The smallest absolute Gasteiger partial charge is 0.261 e. The molecule has 1 fully saturated rings. The zero-order valence-corrected chi connectivity index (χ0v) is 15.2. The first-order chi connectivity index (χ1) is 12.0. The number of para-hydroxylation sites is 1. The Balaban J connectivity index is 1.56. The van der Waals surface area contributed by atoms with Crippen LogP contribution in [0.1, 0.15) is 23.8 Å². The highest BCUT2D eigenvalue weighted by Crippen LogP contribution is 2.33. The van der Waals surface area contributed by atoms with Crippen LogP contribution in [0.25, 0.3) is 10.2 Å². The molecule has 0 bridgehead atoms. The van der Waals surface area contributed by atoms with E-state index in [1.165, 1.54) is 15.9 Å². The third-order valence-corrected chi connectivity index (χ3v) is 6.63. The molecule has 3 N–H and O–H groups in total. The fourth-order valence-corrected chi connectivity index (χ4v) is 4.81. The summed E-state index contributed by atoms with van der Waals surface area (Å²) in [6.07, 6.45) is 3.64. The van der Waals surface area contributed by atoms with Crippen molar-refractivity contribution in [3.8, 4) is 0 Å². The number of nitrogens with zero attached hydrogens (tertiary/aromatic N) is 2. The molecule has 0 unspecified atom stereocenters. The Morgan fingerprint density at radius 2 is 2.08 bits per heavy atom. The number of rotatable bonds is 3. The molecule has 0 spiro atoms. The van der Waals surface area contributed by atoms with Gasteiger partial charge in [0, 0.05) is 12.0 Å². The fraction of sp³-hybridized carbons (Fsp3) is 0.294. The summed E-state index contributed by atoms with van der Waals surface area (Å²) in [4.78, 5) is 10.2. The minimum absolute atomic E-state index is 0.0935. The maximum absolute atomic E-state index is 11.4. The van der Waals surface area contributed by atoms with E-state index in [1.54, 1.807) is 23.5 Å². The van der Waals surface area contributed by atoms with Crippen LogP contribution in [0.3, 0.4) is 0 Å². The quantitative estimate of drug-likeness (QED) is 0.759. The number of aromatic amines is 1. The van der Waals surface area contributed by atoms with Gasteiger partial charge < -0.3 is 0 Å². The monoisotopic (exact) mass is 375 g/mol. The van der Waals surface area contributed by atoms with Gasteiger partial charge in [-0.05, 0) is 31.0 Å². The first kappa shape index (κ1) is 16.4. The van der Waals surface area contributed by atoms with Gasteiger partial charge in [0.25, 0.3) is 5.82 Å². The third kappa shape index (κ3) is 3.37. The van der Waals surface area contributed by atoms with Crippen molar-refractivity contribution in [2.75, 3.05) is 18.0 Å². The number of sulfonamides is 1. The second kappa shape index (κ2) is 6.36. The Morgan fingerprint density at radius 3 is 2.80 bits per heavy atom. The molecule has 0 amide bonds. The summed E-state index contributed by atoms with van der Waals surface area (Å²) in [5.74, 6) is 1.29. The lowest BCUT2D eigenvalue weighted by Gasteiger charge is -2.27. The summed E-state index contributed by atoms with van der Waals surface area (Å²) in [6.45, 7) is 1.80. The molecule has 25 heavy (non-hydrogen) atoms. The Morgan fingerprint density at radius 1 is 1.24 bits per heavy atom. The van der Waals surface area contributed by atoms with E-state index in [0.29, 0.717) is 5.92 Å². The Kier molecular flexibility index (Phi) is 4.18. The summed E-state index contributed by atoms with van der Waals surface area (Å²) >= 11 is 1.76. The van der Waals surface area contributed by atoms with Crippen LogP contribution in [-0.2, 0) is 10.0 Å². The molecule has 0 aliphatic carbocycles. The number of hydrogen-bond acceptors (Lipinski definition) is 5. The molecule has 130 valence electrons. The molecular weight excluding hydrogens is 356 g/mol. The van der Waals surface area contributed by atoms with Gasteiger partial charge in [-0.1, -0.05) is 12.1 Å². The van der Waals surface area contributed by atoms with Crippen molar-refractivity contribution in [1.82, 2.24) is 4.98 Å². The molecule has 1 aromatic carbocycles. The number of nitrogens with one attached hydrogen (secondary N) is 1. The van der Waals surface area contributed by atoms with Crippen molar-refractivity contribution in [2.24, 2.45) is 5.14 Å². The molecule has 1 atom stereocenters. The van der Waals surface area contributed by atoms with Gasteiger partial charge in [0.1, 0.15) is 16.1 Å². The van der Waals surface area contributed by atoms with E-state index >= 15 is 0 Å². The van der Waals surface area contributed by atoms with E-state index in [4.69, 9.17) is 10.1 Å². The highest BCUT2D eigenvalue weighted by molar-refractivity contribution is 7.89. The SMILES string of the molecule is NS(=O)(=O)c1ccc(N2CCC[C@@H](c3nc4ccccc4s3)C2)[nH+]c1. The van der Waals surface area contributed by atoms with Gasteiger partial charge in [-0.2, -0.15) is 0 Å². The molecule has 0 saturated carbocycles. The minimum Gasteiger partial charge on any atom is -0.261 e. The van der Waals surface area contributed by atoms with Crippen molar-refractivity contribution >= 4 is 37.4 Å². The second-order valence-electron chi connectivity index (χ2n) is 6.26. The van der Waals surface area contributed by atoms with Crippen LogP contribution in [-0.4, -0.2) is 26.5 Å². The van der Waals surface area contributed by atoms with E-state index in [2.05, 4.69) is 22.0 Å². The molecule has 4 rings (SSSR count). The number of benzene rings is 1. The maximum Gasteiger partial charge on any atom is 0.274 e. The number of hydrogen-bond donors (Lipinski definition) is 1. The molecule has 3 heterocycles. The van der Waals surface area contributed by atoms with E-state index in [0.717, 1.165) is 37.3 Å². The fourth-order valence-electron chi connectivity index (χ4n) is 3.24. The zero-order chi connectivity index (χ0) is 17.4. The first-order valence-corrected chi connectivity index (χ1v) is 10.5. The highest BCUT2D eigenvalue weighted by Gasteiger charge is 2.29. The standard InChI is InChI=1S/C17H18N4O2S2/c18-25(22,23)13-7-8-16(19-10-13)21-9-3-4-12(11-21)17-20-14-5-1-2-6-15(14)24-17/h1-2,5-8,10,12H,3-4,9,11H2,(H2,18,22,23)/p+1/t12-/m1/s1. The predicted octanol–water partition coefficient (Wildman–Crippen LogP) is 2.14. The summed E-state index contributed by atoms with van der Waals surface area (Å²) in [6, 6.07) is 11.5. The minimum atomic E-state index is -3.68. The summed E-state index contributed by atoms with van der Waals surface area (Å²) < 4.78 is 24.0. The van der Waals surface area contributed by atoms with Gasteiger partial charge >= 0.3 is 0 Å². The topological polar surface area (TPSA) is 90.4 Å². The lowest BCUT2D eigenvalue weighted by molar-refractivity contribution is -0.367. The van der Waals surface area contributed by atoms with Gasteiger partial charge in [-0.15, -0.1) is 11.3 Å². The van der Waals surface area contributed by atoms with Gasteiger partial charge in [0.05, 0.1) is 23.3 Å². The molecule has 1 aliphatic rings. The maximum atomic E-state index is 11.4. The first-order valence-electron chi connectivity index (χ1n) is 8.16. The number of thiazole rings is 1. The van der Waals surface area contributed by atoms with E-state index in [-0.39, 0.29) is 4.90 Å². The molecular formula is C17H19N4O2S2+. The lowest BCUT2D eigenvalue weighted by Crippen LogP contribution is -2.37. The van der Waals surface area contributed by atoms with Crippen molar-refractivity contribution in [2.45, 2.75) is 23.7 Å². The van der Waals surface area contributed by atoms with Gasteiger partial charge in [-0.25, -0.2) is 23.5 Å². The van der Waals surface area contributed by atoms with Crippen LogP contribution in [0.4, 0.5) is 5.82 Å². The molecule has 3 aromatic rings. The Hall–Kier alpha value is -2.03. The molecule has 2 aromatic heterocycles. The number of H-pyrrole nitrogens is 1. The van der Waals surface area contributed by atoms with Gasteiger partial charge in [-0.3, -0.25) is 4.90 Å². The number of piperidine rings is 1. The number of anilines is 1. The molecule has 1 aliphatic heterocycles. The lowest BCUT2D eigenvalue weighted by atomic mass is 9.99. The average Bonchev–Trinajstić information content (AvgIpc) is 3.05. The molecule has 8 heteroatoms. The largest absolute Gasteiger partial charge is 0.274 e. The second-order valence-corrected chi connectivity index (χ2v) is 8.88. The van der Waals surface area contributed by atoms with Crippen molar-refractivity contribution < 1.29 is 13.4 Å². The summed E-state index contributed by atoms with van der Waals surface area (Å²) in [5.41, 5.74) is 1.06. The van der Waals surface area contributed by atoms with Gasteiger partial charge in [0.2, 0.25) is 10.0 Å². The van der Waals surface area contributed by atoms with Crippen LogP contribution < -0.4 is 15.0 Å². The highest BCUT2D eigenvalue weighted by atomic mass is 32.2. The number of fused-ring (bicyclic) bond motifs is 1. The van der Waals surface area contributed by atoms with E-state index < -0.39 is 10.0 Å². The van der Waals surface area contributed by atoms with E-state index in [9.17, 15) is 8.42 Å². The molecule has 1 saturated heterocycles. The Bertz CT molecular complexity index is 966. The molecule has 0 radical (unpaired) electrons. The van der Waals surface area contributed by atoms with Crippen molar-refractivity contribution in [3.05, 3.63) is 47.6 Å². The van der Waals surface area contributed by atoms with Crippen molar-refractivity contribution in [3.63, 3.8) is 0 Å². The zero-order valence-electron chi connectivity index (χ0n) is 13.6. The third-order valence-electron chi connectivity index (χ3n) is 4.52. The summed E-state index contributed by atoms with van der Waals surface area (Å²) in [5, 5.41) is 6.33. The van der Waals surface area contributed by atoms with Crippen LogP contribution in [0.2, 0.25) is 0 Å². The van der Waals surface area contributed by atoms with Crippen LogP contribution in [0, 0.1) is 0 Å². The van der Waals surface area contributed by atoms with Crippen LogP contribution >= 0.6 is 11.3 Å². The normalized spacial score (nSPS) is 18.6. The van der Waals surface area contributed by atoms with Crippen LogP contribution in [0.5, 0.6) is 0 Å².